The van der Waals surface area contributed by atoms with Crippen LogP contribution in [0.25, 0.3) is 0 Å². The first-order chi connectivity index (χ1) is 5.46. The molecule has 0 N–H and O–H groups in total. The van der Waals surface area contributed by atoms with E-state index in [0.29, 0.717) is 15.6 Å². The van der Waals surface area contributed by atoms with Gasteiger partial charge in [-0.2, -0.15) is 0 Å². The molecule has 0 saturated heterocycles. The van der Waals surface area contributed by atoms with E-state index in [2.05, 4.69) is 0 Å². The number of halogens is 5. The van der Waals surface area contributed by atoms with E-state index >= 15 is 0 Å². The summed E-state index contributed by atoms with van der Waals surface area (Å²) in [6.07, 6.45) is 0. The standard InChI is InChI=1S/C7H3Cl5/c1-2-3(8)5(10)7(12)6(11)4(2)9/h1H3. The third kappa shape index (κ3) is 1.64. The van der Waals surface area contributed by atoms with Gasteiger partial charge in [-0.25, -0.2) is 0 Å². The van der Waals surface area contributed by atoms with Crippen LogP contribution in [0.5, 0.6) is 0 Å². The van der Waals surface area contributed by atoms with E-state index in [4.69, 9.17) is 58.0 Å². The zero-order chi connectivity index (χ0) is 9.46. The van der Waals surface area contributed by atoms with Crippen LogP contribution in [0.1, 0.15) is 5.56 Å². The molecule has 0 amide bonds. The lowest BCUT2D eigenvalue weighted by Crippen LogP contribution is -1.83. The highest BCUT2D eigenvalue weighted by Crippen LogP contribution is 2.43. The topological polar surface area (TPSA) is 0 Å². The monoisotopic (exact) mass is 262 g/mol. The first kappa shape index (κ1) is 10.7. The van der Waals surface area contributed by atoms with E-state index in [-0.39, 0.29) is 15.1 Å². The molecule has 66 valence electrons. The second-order valence-electron chi connectivity index (χ2n) is 2.19. The van der Waals surface area contributed by atoms with Crippen molar-refractivity contribution < 1.29 is 0 Å². The molecule has 0 unspecified atom stereocenters. The minimum Gasteiger partial charge on any atom is -0.0823 e. The van der Waals surface area contributed by atoms with E-state index in [9.17, 15) is 0 Å². The van der Waals surface area contributed by atoms with Crippen LogP contribution in [-0.2, 0) is 0 Å². The van der Waals surface area contributed by atoms with Crippen molar-refractivity contribution >= 4 is 58.0 Å². The molecule has 1 rings (SSSR count). The highest BCUT2D eigenvalue weighted by molar-refractivity contribution is 6.55. The van der Waals surface area contributed by atoms with Crippen LogP contribution in [0, 0.1) is 6.92 Å². The summed E-state index contributed by atoms with van der Waals surface area (Å²) in [6, 6.07) is 0. The SMILES string of the molecule is Cc1c(Cl)c(Cl)c(Cl)c(Cl)c1Cl. The van der Waals surface area contributed by atoms with Crippen LogP contribution in [0.2, 0.25) is 25.1 Å². The molecule has 1 aromatic carbocycles. The van der Waals surface area contributed by atoms with Crippen LogP contribution < -0.4 is 0 Å². The minimum atomic E-state index is 0.193. The fourth-order valence-electron chi connectivity index (χ4n) is 0.715. The molecule has 0 nitrogen and oxygen atoms in total. The third-order valence-electron chi connectivity index (χ3n) is 1.43. The van der Waals surface area contributed by atoms with Crippen LogP contribution in [0.3, 0.4) is 0 Å². The average Bonchev–Trinajstić information content (AvgIpc) is 2.08. The Morgan fingerprint density at radius 3 is 1.17 bits per heavy atom. The van der Waals surface area contributed by atoms with E-state index in [0.717, 1.165) is 0 Å². The molecule has 0 aliphatic rings. The van der Waals surface area contributed by atoms with Crippen molar-refractivity contribution in [2.75, 3.05) is 0 Å². The van der Waals surface area contributed by atoms with Gasteiger partial charge in [0.05, 0.1) is 25.1 Å². The van der Waals surface area contributed by atoms with E-state index < -0.39 is 0 Å². The Morgan fingerprint density at radius 1 is 0.583 bits per heavy atom. The summed E-state index contributed by atoms with van der Waals surface area (Å²) in [5, 5.41) is 1.36. The Labute approximate surface area is 95.3 Å². The van der Waals surface area contributed by atoms with Crippen molar-refractivity contribution in [3.8, 4) is 0 Å². The summed E-state index contributed by atoms with van der Waals surface area (Å²) < 4.78 is 0. The van der Waals surface area contributed by atoms with Crippen molar-refractivity contribution in [3.05, 3.63) is 30.7 Å². The molecular formula is C7H3Cl5. The quantitative estimate of drug-likeness (QED) is 0.443. The van der Waals surface area contributed by atoms with Gasteiger partial charge >= 0.3 is 0 Å². The van der Waals surface area contributed by atoms with Gasteiger partial charge in [0, 0.05) is 0 Å². The first-order valence-corrected chi connectivity index (χ1v) is 4.83. The number of hydrogen-bond donors (Lipinski definition) is 0. The molecular weight excluding hydrogens is 261 g/mol. The van der Waals surface area contributed by atoms with Crippen LogP contribution >= 0.6 is 58.0 Å². The lowest BCUT2D eigenvalue weighted by molar-refractivity contribution is 1.47. The van der Waals surface area contributed by atoms with Gasteiger partial charge in [-0.05, 0) is 12.5 Å². The molecule has 0 aliphatic carbocycles. The summed E-state index contributed by atoms with van der Waals surface area (Å²) in [7, 11) is 0. The smallest absolute Gasteiger partial charge is 0.0809 e. The number of hydrogen-bond acceptors (Lipinski definition) is 0. The summed E-state index contributed by atoms with van der Waals surface area (Å²) in [5.41, 5.74) is 0.637. The lowest BCUT2D eigenvalue weighted by Gasteiger charge is -2.07. The molecule has 5 heteroatoms. The number of rotatable bonds is 0. The molecule has 0 radical (unpaired) electrons. The summed E-state index contributed by atoms with van der Waals surface area (Å²) in [6.45, 7) is 1.72. The lowest BCUT2D eigenvalue weighted by atomic mass is 10.2. The van der Waals surface area contributed by atoms with E-state index in [1.54, 1.807) is 6.92 Å². The molecule has 0 heterocycles. The molecule has 0 atom stereocenters. The van der Waals surface area contributed by atoms with Gasteiger partial charge in [0.25, 0.3) is 0 Å². The second-order valence-corrected chi connectivity index (χ2v) is 4.08. The molecule has 0 aliphatic heterocycles. The van der Waals surface area contributed by atoms with Crippen molar-refractivity contribution in [2.24, 2.45) is 0 Å². The molecule has 0 spiro atoms. The van der Waals surface area contributed by atoms with Gasteiger partial charge in [0.15, 0.2) is 0 Å². The van der Waals surface area contributed by atoms with Crippen molar-refractivity contribution in [3.63, 3.8) is 0 Å². The van der Waals surface area contributed by atoms with Crippen molar-refractivity contribution in [1.29, 1.82) is 0 Å². The third-order valence-corrected chi connectivity index (χ3v) is 3.90. The molecule has 0 bridgehead atoms. The predicted octanol–water partition coefficient (Wildman–Crippen LogP) is 5.26. The normalized spacial score (nSPS) is 10.5. The van der Waals surface area contributed by atoms with E-state index in [1.807, 2.05) is 0 Å². The average molecular weight is 264 g/mol. The highest BCUT2D eigenvalue weighted by atomic mass is 35.5. The highest BCUT2D eigenvalue weighted by Gasteiger charge is 2.15. The van der Waals surface area contributed by atoms with Gasteiger partial charge in [0.2, 0.25) is 0 Å². The Morgan fingerprint density at radius 2 is 0.833 bits per heavy atom. The zero-order valence-electron chi connectivity index (χ0n) is 5.89. The molecule has 12 heavy (non-hydrogen) atoms. The predicted molar refractivity (Wildman–Crippen MR) is 56.2 cm³/mol. The van der Waals surface area contributed by atoms with Gasteiger partial charge in [-0.3, -0.25) is 0 Å². The zero-order valence-corrected chi connectivity index (χ0v) is 9.67. The van der Waals surface area contributed by atoms with Gasteiger partial charge in [-0.1, -0.05) is 58.0 Å². The van der Waals surface area contributed by atoms with E-state index in [1.165, 1.54) is 0 Å². The molecule has 0 saturated carbocycles. The fraction of sp³-hybridized carbons (Fsp3) is 0.143. The van der Waals surface area contributed by atoms with Gasteiger partial charge in [0.1, 0.15) is 0 Å². The van der Waals surface area contributed by atoms with Gasteiger partial charge < -0.3 is 0 Å². The van der Waals surface area contributed by atoms with Gasteiger partial charge in [-0.15, -0.1) is 0 Å². The van der Waals surface area contributed by atoms with Crippen molar-refractivity contribution in [2.45, 2.75) is 6.92 Å². The number of benzene rings is 1. The largest absolute Gasteiger partial charge is 0.0823 e. The minimum absolute atomic E-state index is 0.193. The maximum atomic E-state index is 5.80. The first-order valence-electron chi connectivity index (χ1n) is 2.94. The Kier molecular flexibility index (Phi) is 3.41. The molecule has 1 aromatic rings. The van der Waals surface area contributed by atoms with Crippen molar-refractivity contribution in [1.82, 2.24) is 0 Å². The summed E-state index contributed by atoms with van der Waals surface area (Å²) in [5.74, 6) is 0. The Bertz CT molecular complexity index is 226. The second kappa shape index (κ2) is 3.81. The molecule has 0 aromatic heterocycles. The maximum absolute atomic E-state index is 5.80. The maximum Gasteiger partial charge on any atom is 0.0809 e. The van der Waals surface area contributed by atoms with Crippen LogP contribution in [0.15, 0.2) is 0 Å². The van der Waals surface area contributed by atoms with Crippen LogP contribution in [-0.4, -0.2) is 0 Å². The summed E-state index contributed by atoms with van der Waals surface area (Å²) in [4.78, 5) is 0. The Balaban J connectivity index is 3.60. The fourth-order valence-corrected chi connectivity index (χ4v) is 1.95. The van der Waals surface area contributed by atoms with Crippen LogP contribution in [0.4, 0.5) is 0 Å². The Hall–Kier alpha value is 0.670. The summed E-state index contributed by atoms with van der Waals surface area (Å²) >= 11 is 28.8. The molecule has 0 fully saturated rings.